The van der Waals surface area contributed by atoms with E-state index in [9.17, 15) is 18.0 Å². The number of carbonyl (C=O) groups excluding carboxylic acids is 2. The van der Waals surface area contributed by atoms with Gasteiger partial charge in [-0.25, -0.2) is 9.59 Å². The van der Waals surface area contributed by atoms with Crippen molar-refractivity contribution >= 4 is 22.4 Å². The zero-order valence-corrected chi connectivity index (χ0v) is 8.09. The number of hydrogen-bond acceptors (Lipinski definition) is 5. The molecule has 0 aliphatic heterocycles. The maximum Gasteiger partial charge on any atom is 0.383 e. The second-order valence-corrected chi connectivity index (χ2v) is 3.10. The first-order chi connectivity index (χ1) is 7.12. The Morgan fingerprint density at radius 1 is 0.933 bits per heavy atom. The van der Waals surface area contributed by atoms with E-state index in [1.54, 1.807) is 12.4 Å². The van der Waals surface area contributed by atoms with Crippen LogP contribution in [0.5, 0.6) is 0 Å². The van der Waals surface area contributed by atoms with Gasteiger partial charge in [0.05, 0.1) is 0 Å². The van der Waals surface area contributed by atoms with Crippen molar-refractivity contribution in [2.45, 2.75) is 0 Å². The fourth-order valence-corrected chi connectivity index (χ4v) is 0.656. The highest BCUT2D eigenvalue weighted by Gasteiger charge is 2.00. The number of hydrogen-bond donors (Lipinski definition) is 0. The molecule has 1 heterocycles. The quantitative estimate of drug-likeness (QED) is 0.521. The standard InChI is InChI=1S/C5H5N.C2N2O4S/c1-2-4-6-5-3-1;5-1-3-9(7,8)4-2-6/h1-5H;. The average Bonchev–Trinajstić information content (AvgIpc) is 2.21. The number of pyridine rings is 1. The van der Waals surface area contributed by atoms with E-state index in [-0.39, 0.29) is 0 Å². The average molecular weight is 227 g/mol. The van der Waals surface area contributed by atoms with E-state index in [0.717, 1.165) is 0 Å². The zero-order chi connectivity index (χ0) is 11.6. The molecule has 0 saturated carbocycles. The second-order valence-electron chi connectivity index (χ2n) is 1.84. The third-order valence-electron chi connectivity index (χ3n) is 0.872. The first-order valence-electron chi connectivity index (χ1n) is 3.40. The molecular weight excluding hydrogens is 222 g/mol. The molecule has 0 aromatic carbocycles. The Morgan fingerprint density at radius 2 is 1.40 bits per heavy atom. The van der Waals surface area contributed by atoms with E-state index in [2.05, 4.69) is 13.8 Å². The lowest BCUT2D eigenvalue weighted by molar-refractivity contribution is 0.561. The van der Waals surface area contributed by atoms with Gasteiger partial charge in [0.2, 0.25) is 0 Å². The van der Waals surface area contributed by atoms with Gasteiger partial charge >= 0.3 is 10.2 Å². The zero-order valence-electron chi connectivity index (χ0n) is 7.27. The maximum absolute atomic E-state index is 9.97. The molecule has 0 unspecified atom stereocenters. The largest absolute Gasteiger partial charge is 0.383 e. The van der Waals surface area contributed by atoms with Crippen LogP contribution in [0.25, 0.3) is 0 Å². The van der Waals surface area contributed by atoms with Gasteiger partial charge in [0.15, 0.2) is 0 Å². The summed E-state index contributed by atoms with van der Waals surface area (Å²) in [6.07, 6.45) is 4.91. The molecule has 1 aromatic rings. The molecule has 0 aliphatic rings. The van der Waals surface area contributed by atoms with Gasteiger partial charge in [-0.1, -0.05) is 14.9 Å². The molecule has 0 bridgehead atoms. The van der Waals surface area contributed by atoms with Gasteiger partial charge in [0.1, 0.15) is 0 Å². The van der Waals surface area contributed by atoms with Gasteiger partial charge in [-0.2, -0.15) is 8.42 Å². The van der Waals surface area contributed by atoms with E-state index in [0.29, 0.717) is 12.2 Å². The predicted molar refractivity (Wildman–Crippen MR) is 49.4 cm³/mol. The summed E-state index contributed by atoms with van der Waals surface area (Å²) in [4.78, 5) is 22.3. The monoisotopic (exact) mass is 227 g/mol. The van der Waals surface area contributed by atoms with Crippen molar-refractivity contribution in [1.29, 1.82) is 0 Å². The summed E-state index contributed by atoms with van der Waals surface area (Å²) in [5, 5.41) is 0. The molecule has 0 atom stereocenters. The van der Waals surface area contributed by atoms with Crippen molar-refractivity contribution in [2.24, 2.45) is 8.80 Å². The van der Waals surface area contributed by atoms with Crippen LogP contribution in [0.15, 0.2) is 39.4 Å². The molecular formula is C7H5N3O4S. The first-order valence-corrected chi connectivity index (χ1v) is 4.80. The molecule has 7 nitrogen and oxygen atoms in total. The summed E-state index contributed by atoms with van der Waals surface area (Å²) in [6.45, 7) is 0. The fourth-order valence-electron chi connectivity index (χ4n) is 0.427. The molecule has 1 rings (SSSR count). The van der Waals surface area contributed by atoms with Gasteiger partial charge in [-0.05, 0) is 12.1 Å². The van der Waals surface area contributed by atoms with Crippen molar-refractivity contribution in [3.8, 4) is 0 Å². The van der Waals surface area contributed by atoms with Gasteiger partial charge in [-0.3, -0.25) is 4.98 Å². The minimum atomic E-state index is -4.28. The Kier molecular flexibility index (Phi) is 6.24. The second kappa shape index (κ2) is 7.28. The van der Waals surface area contributed by atoms with Crippen molar-refractivity contribution in [2.75, 3.05) is 0 Å². The van der Waals surface area contributed by atoms with Crippen LogP contribution < -0.4 is 0 Å². The van der Waals surface area contributed by atoms with Gasteiger partial charge < -0.3 is 0 Å². The van der Waals surface area contributed by atoms with E-state index in [4.69, 9.17) is 0 Å². The highest BCUT2D eigenvalue weighted by molar-refractivity contribution is 7.89. The highest BCUT2D eigenvalue weighted by Crippen LogP contribution is 1.87. The Bertz CT molecular complexity index is 422. The molecule has 1 aromatic heterocycles. The molecule has 8 heteroatoms. The lowest BCUT2D eigenvalue weighted by atomic mass is 10.5. The van der Waals surface area contributed by atoms with Crippen LogP contribution in [-0.4, -0.2) is 25.6 Å². The number of isocyanates is 2. The van der Waals surface area contributed by atoms with Crippen molar-refractivity contribution in [3.05, 3.63) is 30.6 Å². The van der Waals surface area contributed by atoms with Crippen LogP contribution in [0.2, 0.25) is 0 Å². The van der Waals surface area contributed by atoms with E-state index in [1.165, 1.54) is 0 Å². The Labute approximate surface area is 85.4 Å². The number of rotatable bonds is 2. The third kappa shape index (κ3) is 8.20. The lowest BCUT2D eigenvalue weighted by Gasteiger charge is -1.72. The maximum atomic E-state index is 9.97. The molecule has 0 N–H and O–H groups in total. The number of aromatic nitrogens is 1. The third-order valence-corrected chi connectivity index (χ3v) is 1.48. The first kappa shape index (κ1) is 12.9. The van der Waals surface area contributed by atoms with Gasteiger partial charge in [0.25, 0.3) is 12.2 Å². The fraction of sp³-hybridized carbons (Fsp3) is 0. The summed E-state index contributed by atoms with van der Waals surface area (Å²) in [6, 6.07) is 5.72. The summed E-state index contributed by atoms with van der Waals surface area (Å²) in [5.74, 6) is 0. The van der Waals surface area contributed by atoms with E-state index < -0.39 is 10.2 Å². The van der Waals surface area contributed by atoms with Crippen molar-refractivity contribution < 1.29 is 18.0 Å². The minimum absolute atomic E-state index is 0.707. The lowest BCUT2D eigenvalue weighted by Crippen LogP contribution is -1.86. The topological polar surface area (TPSA) is 106 Å². The smallest absolute Gasteiger partial charge is 0.265 e. The van der Waals surface area contributed by atoms with Crippen LogP contribution in [0.3, 0.4) is 0 Å². The Hall–Kier alpha value is -2.14. The summed E-state index contributed by atoms with van der Waals surface area (Å²) in [5.41, 5.74) is 0. The predicted octanol–water partition coefficient (Wildman–Crippen LogP) is -0.0156. The molecule has 0 spiro atoms. The van der Waals surface area contributed by atoms with Crippen LogP contribution in [0.1, 0.15) is 0 Å². The molecule has 15 heavy (non-hydrogen) atoms. The van der Waals surface area contributed by atoms with Crippen LogP contribution in [0.4, 0.5) is 0 Å². The molecule has 0 saturated heterocycles. The summed E-state index contributed by atoms with van der Waals surface area (Å²) >= 11 is 0. The van der Waals surface area contributed by atoms with E-state index >= 15 is 0 Å². The van der Waals surface area contributed by atoms with Crippen LogP contribution >= 0.6 is 0 Å². The normalized spacial score (nSPS) is 8.53. The summed E-state index contributed by atoms with van der Waals surface area (Å²) in [7, 11) is -4.28. The van der Waals surface area contributed by atoms with Gasteiger partial charge in [-0.15, -0.1) is 0 Å². The van der Waals surface area contributed by atoms with Crippen LogP contribution in [0, 0.1) is 0 Å². The van der Waals surface area contributed by atoms with E-state index in [1.807, 2.05) is 18.2 Å². The minimum Gasteiger partial charge on any atom is -0.265 e. The van der Waals surface area contributed by atoms with Gasteiger partial charge in [0, 0.05) is 12.4 Å². The number of nitrogens with zero attached hydrogens (tertiary/aromatic N) is 3. The molecule has 0 aliphatic carbocycles. The van der Waals surface area contributed by atoms with Crippen LogP contribution in [-0.2, 0) is 19.8 Å². The molecule has 0 radical (unpaired) electrons. The summed E-state index contributed by atoms with van der Waals surface area (Å²) < 4.78 is 24.3. The highest BCUT2D eigenvalue weighted by atomic mass is 32.2. The Balaban J connectivity index is 0.000000280. The Morgan fingerprint density at radius 3 is 1.60 bits per heavy atom. The van der Waals surface area contributed by atoms with Crippen molar-refractivity contribution in [3.63, 3.8) is 0 Å². The molecule has 78 valence electrons. The SMILES string of the molecule is O=C=NS(=O)(=O)N=C=O.c1ccncc1. The molecule has 0 amide bonds. The van der Waals surface area contributed by atoms with Crippen molar-refractivity contribution in [1.82, 2.24) is 4.98 Å². The molecule has 0 fully saturated rings.